The number of hydrogen-bond acceptors (Lipinski definition) is 2. The third kappa shape index (κ3) is 3.56. The summed E-state index contributed by atoms with van der Waals surface area (Å²) in [5, 5.41) is -0.153. The molecule has 0 N–H and O–H groups in total. The Labute approximate surface area is 95.2 Å². The van der Waals surface area contributed by atoms with Crippen LogP contribution in [0.1, 0.15) is 28.4 Å². The number of esters is 1. The average Bonchev–Trinajstić information content (AvgIpc) is 2.14. The van der Waals surface area contributed by atoms with Crippen molar-refractivity contribution in [3.05, 3.63) is 34.9 Å². The van der Waals surface area contributed by atoms with Gasteiger partial charge in [0.05, 0.1) is 10.9 Å². The van der Waals surface area contributed by atoms with Crippen LogP contribution in [0.4, 0.5) is 0 Å². The molecule has 1 atom stereocenters. The predicted molar refractivity (Wildman–Crippen MR) is 61.5 cm³/mol. The minimum absolute atomic E-state index is 0.153. The van der Waals surface area contributed by atoms with Crippen LogP contribution < -0.4 is 0 Å². The molecule has 0 aliphatic heterocycles. The van der Waals surface area contributed by atoms with Gasteiger partial charge in [0, 0.05) is 0 Å². The highest BCUT2D eigenvalue weighted by molar-refractivity contribution is 6.20. The predicted octanol–water partition coefficient (Wildman–Crippen LogP) is 3.09. The second-order valence-corrected chi connectivity index (χ2v) is 4.44. The fourth-order valence-electron chi connectivity index (χ4n) is 1.31. The van der Waals surface area contributed by atoms with Crippen LogP contribution in [-0.2, 0) is 4.74 Å². The van der Waals surface area contributed by atoms with Crippen molar-refractivity contribution in [2.24, 2.45) is 0 Å². The Morgan fingerprint density at radius 3 is 2.67 bits per heavy atom. The van der Waals surface area contributed by atoms with Gasteiger partial charge < -0.3 is 4.74 Å². The molecule has 0 radical (unpaired) electrons. The Hall–Kier alpha value is -1.02. The summed E-state index contributed by atoms with van der Waals surface area (Å²) in [5.74, 6) is -0.306. The normalized spacial score (nSPS) is 12.3. The lowest BCUT2D eigenvalue weighted by Gasteiger charge is -2.08. The molecule has 0 saturated heterocycles. The fraction of sp³-hybridized carbons (Fsp3) is 0.417. The van der Waals surface area contributed by atoms with Gasteiger partial charge in [0.1, 0.15) is 6.61 Å². The van der Waals surface area contributed by atoms with Gasteiger partial charge in [-0.3, -0.25) is 0 Å². The molecule has 1 unspecified atom stereocenters. The van der Waals surface area contributed by atoms with E-state index in [9.17, 15) is 4.79 Å². The molecule has 15 heavy (non-hydrogen) atoms. The zero-order valence-corrected chi connectivity index (χ0v) is 9.97. The Morgan fingerprint density at radius 2 is 2.13 bits per heavy atom. The van der Waals surface area contributed by atoms with Crippen molar-refractivity contribution < 1.29 is 9.53 Å². The number of alkyl halides is 1. The van der Waals surface area contributed by atoms with Gasteiger partial charge in [-0.15, -0.1) is 11.6 Å². The molecule has 2 nitrogen and oxygen atoms in total. The van der Waals surface area contributed by atoms with Crippen molar-refractivity contribution in [3.63, 3.8) is 0 Å². The van der Waals surface area contributed by atoms with Crippen molar-refractivity contribution in [2.45, 2.75) is 26.1 Å². The van der Waals surface area contributed by atoms with Gasteiger partial charge in [0.2, 0.25) is 0 Å². The van der Waals surface area contributed by atoms with Crippen molar-refractivity contribution in [3.8, 4) is 0 Å². The number of hydrogen-bond donors (Lipinski definition) is 0. The molecular formula is C12H15ClO2. The molecule has 0 bridgehead atoms. The first kappa shape index (κ1) is 12.1. The monoisotopic (exact) mass is 226 g/mol. The third-order valence-corrected chi connectivity index (χ3v) is 2.17. The summed E-state index contributed by atoms with van der Waals surface area (Å²) in [5.41, 5.74) is 2.68. The van der Waals surface area contributed by atoms with Crippen LogP contribution in [-0.4, -0.2) is 18.0 Å². The maximum Gasteiger partial charge on any atom is 0.338 e. The molecule has 3 heteroatoms. The molecule has 0 aromatic heterocycles. The van der Waals surface area contributed by atoms with Gasteiger partial charge in [0.25, 0.3) is 0 Å². The zero-order valence-electron chi connectivity index (χ0n) is 9.21. The van der Waals surface area contributed by atoms with Gasteiger partial charge in [-0.05, 0) is 32.4 Å². The molecule has 0 aliphatic rings. The van der Waals surface area contributed by atoms with Crippen molar-refractivity contribution >= 4 is 17.6 Å². The molecule has 0 aliphatic carbocycles. The van der Waals surface area contributed by atoms with Crippen LogP contribution >= 0.6 is 11.6 Å². The van der Waals surface area contributed by atoms with Crippen LogP contribution in [0.25, 0.3) is 0 Å². The zero-order chi connectivity index (χ0) is 11.4. The summed E-state index contributed by atoms with van der Waals surface area (Å²) in [7, 11) is 0. The third-order valence-electron chi connectivity index (χ3n) is 2.05. The number of halogens is 1. The van der Waals surface area contributed by atoms with E-state index in [0.717, 1.165) is 11.1 Å². The lowest BCUT2D eigenvalue weighted by Crippen LogP contribution is -2.12. The number of aryl methyl sites for hydroxylation is 2. The highest BCUT2D eigenvalue weighted by Gasteiger charge is 2.11. The smallest absolute Gasteiger partial charge is 0.338 e. The quantitative estimate of drug-likeness (QED) is 0.585. The first-order valence-electron chi connectivity index (χ1n) is 4.89. The van der Waals surface area contributed by atoms with E-state index < -0.39 is 0 Å². The number of carbonyl (C=O) groups excluding carboxylic acids is 1. The van der Waals surface area contributed by atoms with Crippen LogP contribution in [0, 0.1) is 13.8 Å². The van der Waals surface area contributed by atoms with Crippen molar-refractivity contribution in [1.82, 2.24) is 0 Å². The van der Waals surface area contributed by atoms with E-state index in [0.29, 0.717) is 5.56 Å². The molecule has 0 fully saturated rings. The van der Waals surface area contributed by atoms with E-state index in [1.54, 1.807) is 13.0 Å². The number of benzene rings is 1. The Kier molecular flexibility index (Phi) is 4.15. The molecular weight excluding hydrogens is 212 g/mol. The Morgan fingerprint density at radius 1 is 1.47 bits per heavy atom. The van der Waals surface area contributed by atoms with E-state index in [2.05, 4.69) is 0 Å². The van der Waals surface area contributed by atoms with E-state index >= 15 is 0 Å². The molecule has 0 spiro atoms. The molecule has 1 rings (SSSR count). The SMILES string of the molecule is Cc1ccc(C(=O)OCC(C)Cl)c(C)c1. The highest BCUT2D eigenvalue weighted by atomic mass is 35.5. The average molecular weight is 227 g/mol. The highest BCUT2D eigenvalue weighted by Crippen LogP contribution is 2.12. The first-order valence-corrected chi connectivity index (χ1v) is 5.33. The number of rotatable bonds is 3. The van der Waals surface area contributed by atoms with E-state index in [1.165, 1.54) is 0 Å². The topological polar surface area (TPSA) is 26.3 Å². The number of ether oxygens (including phenoxy) is 1. The minimum atomic E-state index is -0.306. The largest absolute Gasteiger partial charge is 0.461 e. The Balaban J connectivity index is 2.74. The van der Waals surface area contributed by atoms with E-state index in [-0.39, 0.29) is 18.0 Å². The summed E-state index contributed by atoms with van der Waals surface area (Å²) >= 11 is 5.70. The maximum absolute atomic E-state index is 11.6. The van der Waals surface area contributed by atoms with Crippen LogP contribution in [0.5, 0.6) is 0 Å². The molecule has 0 heterocycles. The molecule has 1 aromatic rings. The standard InChI is InChI=1S/C12H15ClO2/c1-8-4-5-11(9(2)6-8)12(14)15-7-10(3)13/h4-6,10H,7H2,1-3H3. The summed E-state index contributed by atoms with van der Waals surface area (Å²) in [6, 6.07) is 5.64. The lowest BCUT2D eigenvalue weighted by molar-refractivity contribution is 0.0507. The molecule has 1 aromatic carbocycles. The second-order valence-electron chi connectivity index (χ2n) is 3.70. The van der Waals surface area contributed by atoms with E-state index in [4.69, 9.17) is 16.3 Å². The fourth-order valence-corrected chi connectivity index (χ4v) is 1.37. The summed E-state index contributed by atoms with van der Waals surface area (Å²) in [6.45, 7) is 5.92. The van der Waals surface area contributed by atoms with Crippen molar-refractivity contribution in [2.75, 3.05) is 6.61 Å². The van der Waals surface area contributed by atoms with Gasteiger partial charge in [-0.2, -0.15) is 0 Å². The molecule has 0 amide bonds. The van der Waals surface area contributed by atoms with Crippen LogP contribution in [0.2, 0.25) is 0 Å². The second kappa shape index (κ2) is 5.17. The lowest BCUT2D eigenvalue weighted by atomic mass is 10.1. The molecule has 0 saturated carbocycles. The van der Waals surface area contributed by atoms with Gasteiger partial charge in [-0.1, -0.05) is 17.7 Å². The van der Waals surface area contributed by atoms with Gasteiger partial charge >= 0.3 is 5.97 Å². The molecule has 82 valence electrons. The number of carbonyl (C=O) groups is 1. The van der Waals surface area contributed by atoms with E-state index in [1.807, 2.05) is 26.0 Å². The minimum Gasteiger partial charge on any atom is -0.461 e. The van der Waals surface area contributed by atoms with Gasteiger partial charge in [-0.25, -0.2) is 4.79 Å². The first-order chi connectivity index (χ1) is 7.00. The summed E-state index contributed by atoms with van der Waals surface area (Å²) < 4.78 is 5.04. The van der Waals surface area contributed by atoms with Crippen LogP contribution in [0.3, 0.4) is 0 Å². The Bertz CT molecular complexity index is 359. The maximum atomic E-state index is 11.6. The summed E-state index contributed by atoms with van der Waals surface area (Å²) in [6.07, 6.45) is 0. The van der Waals surface area contributed by atoms with Gasteiger partial charge in [0.15, 0.2) is 0 Å². The van der Waals surface area contributed by atoms with Crippen molar-refractivity contribution in [1.29, 1.82) is 0 Å². The summed E-state index contributed by atoms with van der Waals surface area (Å²) in [4.78, 5) is 11.6. The van der Waals surface area contributed by atoms with Crippen LogP contribution in [0.15, 0.2) is 18.2 Å².